The fourth-order valence-corrected chi connectivity index (χ4v) is 5.18. The van der Waals surface area contributed by atoms with E-state index in [0.717, 1.165) is 8.62 Å². The van der Waals surface area contributed by atoms with E-state index in [1.807, 2.05) is 18.7 Å². The molecule has 3 atom stereocenters. The summed E-state index contributed by atoms with van der Waals surface area (Å²) in [5.41, 5.74) is 1.68. The number of aliphatic hydroxyl groups is 1. The van der Waals surface area contributed by atoms with Gasteiger partial charge < -0.3 is 25.8 Å². The molecule has 2 aliphatic heterocycles. The van der Waals surface area contributed by atoms with Crippen LogP contribution in [0.15, 0.2) is 39.9 Å². The van der Waals surface area contributed by atoms with Crippen molar-refractivity contribution in [1.29, 1.82) is 0 Å². The second-order valence-electron chi connectivity index (χ2n) is 7.88. The number of aliphatic hydroxyl groups excluding tert-OH is 1. The van der Waals surface area contributed by atoms with Crippen LogP contribution in [0.3, 0.4) is 0 Å². The number of nitrogens with zero attached hydrogens (tertiary/aromatic N) is 3. The minimum Gasteiger partial charge on any atom is -0.394 e. The van der Waals surface area contributed by atoms with E-state index in [1.165, 1.54) is 17.5 Å². The van der Waals surface area contributed by atoms with Gasteiger partial charge in [0.05, 0.1) is 58.8 Å². The van der Waals surface area contributed by atoms with Crippen LogP contribution in [0.4, 0.5) is 0 Å². The van der Waals surface area contributed by atoms with Gasteiger partial charge in [0.2, 0.25) is 5.91 Å². The first-order valence-corrected chi connectivity index (χ1v) is 11.8. The fourth-order valence-electron chi connectivity index (χ4n) is 3.74. The lowest BCUT2D eigenvalue weighted by atomic mass is 10.1. The Kier molecular flexibility index (Phi) is 6.96. The van der Waals surface area contributed by atoms with Gasteiger partial charge in [-0.05, 0) is 35.9 Å². The van der Waals surface area contributed by atoms with Crippen LogP contribution in [0.2, 0.25) is 0 Å². The summed E-state index contributed by atoms with van der Waals surface area (Å²) < 4.78 is 8.15. The minimum absolute atomic E-state index is 0.0499. The number of amides is 2. The summed E-state index contributed by atoms with van der Waals surface area (Å²) in [6.45, 7) is 5.07. The Hall–Kier alpha value is -2.25. The number of aromatic nitrogens is 2. The predicted octanol–water partition coefficient (Wildman–Crippen LogP) is 0.803. The Morgan fingerprint density at radius 3 is 2.97 bits per heavy atom. The molecule has 172 valence electrons. The van der Waals surface area contributed by atoms with Crippen LogP contribution in [0.1, 0.15) is 24.2 Å². The van der Waals surface area contributed by atoms with Gasteiger partial charge >= 0.3 is 0 Å². The number of carbonyl (C=O) groups is 2. The van der Waals surface area contributed by atoms with Crippen molar-refractivity contribution in [2.75, 3.05) is 26.2 Å². The molecule has 4 N–H and O–H groups in total. The number of dihydropyridines is 1. The number of nitrogens with one attached hydrogen (secondary N) is 3. The van der Waals surface area contributed by atoms with Crippen LogP contribution in [0, 0.1) is 0 Å². The summed E-state index contributed by atoms with van der Waals surface area (Å²) >= 11 is 4.83. The molecule has 2 amide bonds. The van der Waals surface area contributed by atoms with Gasteiger partial charge in [-0.1, -0.05) is 0 Å². The zero-order valence-corrected chi connectivity index (χ0v) is 20.1. The molecule has 4 rings (SSSR count). The quantitative estimate of drug-likeness (QED) is 0.441. The van der Waals surface area contributed by atoms with Crippen molar-refractivity contribution in [3.8, 4) is 0 Å². The Morgan fingerprint density at radius 1 is 1.38 bits per heavy atom. The Balaban J connectivity index is 1.38. The zero-order chi connectivity index (χ0) is 22.8. The van der Waals surface area contributed by atoms with Crippen LogP contribution in [-0.2, 0) is 9.53 Å². The number of carbonyl (C=O) groups excluding carboxylic acids is 2. The van der Waals surface area contributed by atoms with Crippen molar-refractivity contribution in [3.63, 3.8) is 0 Å². The first-order valence-electron chi connectivity index (χ1n) is 10.2. The maximum atomic E-state index is 12.8. The van der Waals surface area contributed by atoms with Crippen molar-refractivity contribution >= 4 is 43.9 Å². The van der Waals surface area contributed by atoms with Crippen LogP contribution < -0.4 is 16.0 Å². The third kappa shape index (κ3) is 5.21. The molecular weight excluding hydrogens is 500 g/mol. The van der Waals surface area contributed by atoms with E-state index in [9.17, 15) is 14.7 Å². The molecule has 12 heteroatoms. The van der Waals surface area contributed by atoms with Gasteiger partial charge in [0.25, 0.3) is 5.91 Å². The molecule has 10 nitrogen and oxygen atoms in total. The van der Waals surface area contributed by atoms with Crippen LogP contribution in [0.5, 0.6) is 0 Å². The molecule has 0 aromatic carbocycles. The lowest BCUT2D eigenvalue weighted by molar-refractivity contribution is -0.127. The predicted molar refractivity (Wildman–Crippen MR) is 123 cm³/mol. The fraction of sp³-hybridized carbons (Fsp3) is 0.450. The average molecular weight is 525 g/mol. The van der Waals surface area contributed by atoms with Crippen molar-refractivity contribution in [1.82, 2.24) is 30.5 Å². The van der Waals surface area contributed by atoms with E-state index in [1.54, 1.807) is 23.0 Å². The highest BCUT2D eigenvalue weighted by molar-refractivity contribution is 9.11. The molecular formula is C20H25BrN6O4S. The highest BCUT2D eigenvalue weighted by atomic mass is 79.9. The summed E-state index contributed by atoms with van der Waals surface area (Å²) in [5, 5.41) is 22.5. The lowest BCUT2D eigenvalue weighted by Crippen LogP contribution is -2.51. The van der Waals surface area contributed by atoms with Crippen LogP contribution >= 0.6 is 27.3 Å². The molecule has 0 bridgehead atoms. The van der Waals surface area contributed by atoms with E-state index in [2.05, 4.69) is 37.0 Å². The lowest BCUT2D eigenvalue weighted by Gasteiger charge is -2.35. The molecule has 0 radical (unpaired) electrons. The van der Waals surface area contributed by atoms with Gasteiger partial charge in [-0.3, -0.25) is 14.5 Å². The smallest absolute Gasteiger partial charge is 0.260 e. The maximum absolute atomic E-state index is 12.8. The molecule has 32 heavy (non-hydrogen) atoms. The molecule has 0 aliphatic carbocycles. The highest BCUT2D eigenvalue weighted by Gasteiger charge is 2.26. The molecule has 1 fully saturated rings. The topological polar surface area (TPSA) is 120 Å². The van der Waals surface area contributed by atoms with Gasteiger partial charge in [-0.25, -0.2) is 4.52 Å². The Morgan fingerprint density at radius 2 is 2.19 bits per heavy atom. The summed E-state index contributed by atoms with van der Waals surface area (Å²) in [6, 6.07) is -0.133. The monoisotopic (exact) mass is 524 g/mol. The number of hydrogen-bond acceptors (Lipinski definition) is 8. The molecule has 2 aromatic rings. The number of thiazole rings is 1. The number of halogens is 1. The first-order chi connectivity index (χ1) is 15.3. The van der Waals surface area contributed by atoms with Crippen molar-refractivity contribution in [2.45, 2.75) is 32.1 Å². The number of fused-ring (bicyclic) bond motifs is 1. The second-order valence-corrected chi connectivity index (χ2v) is 10.3. The Bertz CT molecular complexity index is 1080. The molecule has 1 saturated heterocycles. The summed E-state index contributed by atoms with van der Waals surface area (Å²) in [5.74, 6) is -0.443. The van der Waals surface area contributed by atoms with Crippen molar-refractivity contribution < 1.29 is 19.4 Å². The number of rotatable bonds is 6. The van der Waals surface area contributed by atoms with E-state index in [0.29, 0.717) is 30.0 Å². The summed E-state index contributed by atoms with van der Waals surface area (Å²) in [7, 11) is 0. The van der Waals surface area contributed by atoms with Crippen LogP contribution in [0.25, 0.3) is 4.83 Å². The molecule has 0 saturated carbocycles. The maximum Gasteiger partial charge on any atom is 0.260 e. The summed E-state index contributed by atoms with van der Waals surface area (Å²) in [4.78, 5) is 28.1. The third-order valence-electron chi connectivity index (χ3n) is 5.19. The molecule has 2 aliphatic rings. The molecule has 2 aromatic heterocycles. The molecule has 0 spiro atoms. The number of morpholine rings is 1. The SMILES string of the molecule is CC1CN(CC(=O)NC2=CNC(C)C(NC(=O)c3cnn4cc(Br)sc34)=C2)CC(CO)O1. The average Bonchev–Trinajstić information content (AvgIpc) is 3.28. The van der Waals surface area contributed by atoms with E-state index >= 15 is 0 Å². The standard InChI is InChI=1S/C20H25BrN6O4S/c1-11-6-26(7-14(10-28)31-11)9-18(29)24-13-3-16(12(2)22-4-13)25-19(30)15-5-23-27-8-17(21)32-20(15)27/h3-5,8,11-12,14,22,28H,6-7,9-10H2,1-2H3,(H,24,29)(H,25,30). The largest absolute Gasteiger partial charge is 0.394 e. The number of ether oxygens (including phenoxy) is 1. The second kappa shape index (κ2) is 9.71. The highest BCUT2D eigenvalue weighted by Crippen LogP contribution is 2.26. The first kappa shape index (κ1) is 22.9. The van der Waals surface area contributed by atoms with Gasteiger partial charge in [0.15, 0.2) is 0 Å². The van der Waals surface area contributed by atoms with E-state index < -0.39 is 0 Å². The minimum atomic E-state index is -0.288. The van der Waals surface area contributed by atoms with Crippen LogP contribution in [-0.4, -0.2) is 75.9 Å². The molecule has 4 heterocycles. The van der Waals surface area contributed by atoms with Gasteiger partial charge in [0.1, 0.15) is 4.83 Å². The number of hydrogen-bond donors (Lipinski definition) is 4. The third-order valence-corrected chi connectivity index (χ3v) is 6.78. The summed E-state index contributed by atoms with van der Waals surface area (Å²) in [6.07, 6.45) is 6.47. The van der Waals surface area contributed by atoms with Gasteiger partial charge in [-0.15, -0.1) is 11.3 Å². The number of allylic oxidation sites excluding steroid dienone is 1. The zero-order valence-electron chi connectivity index (χ0n) is 17.7. The van der Waals surface area contributed by atoms with Crippen molar-refractivity contribution in [3.05, 3.63) is 45.4 Å². The Labute approximate surface area is 197 Å². The van der Waals surface area contributed by atoms with Gasteiger partial charge in [-0.2, -0.15) is 5.10 Å². The van der Waals surface area contributed by atoms with E-state index in [4.69, 9.17) is 4.74 Å². The van der Waals surface area contributed by atoms with E-state index in [-0.39, 0.29) is 43.2 Å². The normalized spacial score (nSPS) is 23.9. The molecule has 3 unspecified atom stereocenters. The van der Waals surface area contributed by atoms with Crippen molar-refractivity contribution in [2.24, 2.45) is 0 Å². The van der Waals surface area contributed by atoms with Gasteiger partial charge in [0, 0.05) is 25.0 Å².